The van der Waals surface area contributed by atoms with Crippen LogP contribution in [0.1, 0.15) is 155 Å². The zero-order chi connectivity index (χ0) is 47.4. The zero-order valence-corrected chi connectivity index (χ0v) is 44.2. The first-order valence-electron chi connectivity index (χ1n) is 24.3. The van der Waals surface area contributed by atoms with Gasteiger partial charge < -0.3 is 19.5 Å². The molecule has 6 heteroatoms. The number of hydrogen-bond donors (Lipinski definition) is 0. The quantitative estimate of drug-likeness (QED) is 0.121. The fourth-order valence-electron chi connectivity index (χ4n) is 10.3. The van der Waals surface area contributed by atoms with E-state index in [0.29, 0.717) is 29.9 Å². The van der Waals surface area contributed by atoms with E-state index in [1.807, 2.05) is 12.3 Å². The van der Waals surface area contributed by atoms with E-state index in [0.717, 1.165) is 39.7 Å². The summed E-state index contributed by atoms with van der Waals surface area (Å²) < 4.78 is 7.01. The van der Waals surface area contributed by atoms with Gasteiger partial charge in [0, 0.05) is 46.0 Å². The van der Waals surface area contributed by atoms with E-state index in [1.165, 1.54) is 44.6 Å². The molecule has 350 valence electrons. The van der Waals surface area contributed by atoms with E-state index in [-0.39, 0.29) is 49.8 Å². The van der Waals surface area contributed by atoms with Crippen LogP contribution in [0, 0.1) is 19.1 Å². The summed E-state index contributed by atoms with van der Waals surface area (Å²) in [7, 11) is 0. The molecule has 0 radical (unpaired) electrons. The largest absolute Gasteiger partial charge is 2.00 e. The Morgan fingerprint density at radius 2 is 1.29 bits per heavy atom. The van der Waals surface area contributed by atoms with Gasteiger partial charge in [-0.25, -0.2) is 4.98 Å². The summed E-state index contributed by atoms with van der Waals surface area (Å²) in [6.07, 6.45) is 1.89. The molecule has 2 aliphatic rings. The molecule has 0 fully saturated rings. The molecular weight excluding hydrogens is 1010 g/mol. The molecule has 1 atom stereocenters. The third-order valence-electron chi connectivity index (χ3n) is 13.9. The first kappa shape index (κ1) is 48.7. The van der Waals surface area contributed by atoms with Crippen LogP contribution in [0.3, 0.4) is 0 Å². The second-order valence-corrected chi connectivity index (χ2v) is 21.2. The molecule has 6 aromatic carbocycles. The van der Waals surface area contributed by atoms with Gasteiger partial charge in [0.1, 0.15) is 5.82 Å². The Labute approximate surface area is 421 Å². The van der Waals surface area contributed by atoms with Crippen molar-refractivity contribution in [3.8, 4) is 11.5 Å². The smallest absolute Gasteiger partial charge is 0.503 e. The van der Waals surface area contributed by atoms with E-state index in [2.05, 4.69) is 232 Å². The fourth-order valence-corrected chi connectivity index (χ4v) is 10.3. The molecule has 9 rings (SSSR count). The molecule has 0 saturated heterocycles. The van der Waals surface area contributed by atoms with Gasteiger partial charge in [-0.15, -0.1) is 35.4 Å². The van der Waals surface area contributed by atoms with Crippen molar-refractivity contribution in [3.05, 3.63) is 207 Å². The van der Waals surface area contributed by atoms with Crippen molar-refractivity contribution in [2.24, 2.45) is 4.99 Å². The van der Waals surface area contributed by atoms with Gasteiger partial charge >= 0.3 is 21.1 Å². The van der Waals surface area contributed by atoms with Crippen LogP contribution in [0.4, 0.5) is 22.9 Å². The van der Waals surface area contributed by atoms with Gasteiger partial charge in [0.25, 0.3) is 0 Å². The number of hydrogen-bond acceptors (Lipinski definition) is 5. The number of para-hydroxylation sites is 1. The van der Waals surface area contributed by atoms with Crippen molar-refractivity contribution in [1.29, 1.82) is 0 Å². The molecule has 0 bridgehead atoms. The molecular formula is C62H66N4OPt. The number of anilines is 4. The van der Waals surface area contributed by atoms with Gasteiger partial charge in [-0.2, -0.15) is 5.56 Å². The number of amidine groups is 1. The molecule has 2 aliphatic heterocycles. The molecule has 0 saturated carbocycles. The van der Waals surface area contributed by atoms with E-state index >= 15 is 0 Å². The van der Waals surface area contributed by atoms with Crippen molar-refractivity contribution in [2.45, 2.75) is 124 Å². The fraction of sp³-hybridized carbons (Fsp3) is 0.323. The van der Waals surface area contributed by atoms with Crippen LogP contribution in [0.2, 0.25) is 0 Å². The van der Waals surface area contributed by atoms with Gasteiger partial charge in [0.05, 0.1) is 18.4 Å². The van der Waals surface area contributed by atoms with Crippen molar-refractivity contribution in [1.82, 2.24) is 4.98 Å². The third-order valence-corrected chi connectivity index (χ3v) is 13.9. The monoisotopic (exact) mass is 1080 g/mol. The summed E-state index contributed by atoms with van der Waals surface area (Å²) in [6, 6.07) is 56.2. The van der Waals surface area contributed by atoms with Gasteiger partial charge in [-0.1, -0.05) is 198 Å². The molecule has 1 aromatic heterocycles. The van der Waals surface area contributed by atoms with Crippen molar-refractivity contribution < 1.29 is 25.8 Å². The normalized spacial score (nSPS) is 15.4. The predicted molar refractivity (Wildman–Crippen MR) is 280 cm³/mol. The average Bonchev–Trinajstić information content (AvgIpc) is 3.73. The molecule has 7 aromatic rings. The second kappa shape index (κ2) is 19.3. The molecule has 0 N–H and O–H groups in total. The Morgan fingerprint density at radius 3 is 1.90 bits per heavy atom. The Bertz CT molecular complexity index is 2880. The molecule has 0 aliphatic carbocycles. The summed E-state index contributed by atoms with van der Waals surface area (Å²) >= 11 is 0. The Balaban J connectivity index is 0.00000625. The topological polar surface area (TPSA) is 41.0 Å². The molecule has 3 heterocycles. The van der Waals surface area contributed by atoms with Crippen molar-refractivity contribution >= 4 is 28.7 Å². The summed E-state index contributed by atoms with van der Waals surface area (Å²) in [5, 5.41) is 0. The molecule has 68 heavy (non-hydrogen) atoms. The van der Waals surface area contributed by atoms with Crippen LogP contribution >= 0.6 is 0 Å². The Morgan fingerprint density at radius 1 is 0.662 bits per heavy atom. The van der Waals surface area contributed by atoms with Gasteiger partial charge in [0.15, 0.2) is 0 Å². The van der Waals surface area contributed by atoms with E-state index in [1.54, 1.807) is 0 Å². The van der Waals surface area contributed by atoms with Gasteiger partial charge in [-0.3, -0.25) is 0 Å². The van der Waals surface area contributed by atoms with Crippen LogP contribution in [0.5, 0.6) is 11.5 Å². The first-order chi connectivity index (χ1) is 32.0. The maximum absolute atomic E-state index is 7.01. The van der Waals surface area contributed by atoms with E-state index in [9.17, 15) is 0 Å². The van der Waals surface area contributed by atoms with Crippen LogP contribution in [-0.2, 0) is 31.9 Å². The van der Waals surface area contributed by atoms with E-state index < -0.39 is 0 Å². The standard InChI is InChI=1S/C62H66N4O.Pt/c1-39(2)45-33-46(59-64-38-56(57(43-21-15-13-16-22-43)44-23-17-14-18-24-44)66(59)58-51(40(3)4)25-19-26-52(58)41(5)6)35-50(34-45)67-49-32-42(7)31-48(37-49)65-55-29-28-47(61(8,9)10)36-54(55)62(11,12)53-27-20-30-63-60(53)65;/h13-34,36,39-41,56-57H,38H2,1-12H3;/q-2;+2/t56-;/m1./s1. The Hall–Kier alpha value is -5.77. The van der Waals surface area contributed by atoms with Crippen molar-refractivity contribution in [3.63, 3.8) is 0 Å². The number of fused-ring (bicyclic) bond motifs is 2. The second-order valence-electron chi connectivity index (χ2n) is 21.2. The van der Waals surface area contributed by atoms with Gasteiger partial charge in [-0.05, 0) is 68.7 Å². The summed E-state index contributed by atoms with van der Waals surface area (Å²) in [6.45, 7) is 27.9. The molecule has 0 amide bonds. The summed E-state index contributed by atoms with van der Waals surface area (Å²) in [5.41, 5.74) is 15.1. The SMILES string of the molecule is Cc1cc(Oc2[c-]c(C3=NC[C@H](C(c4ccccc4)c4ccccc4)N3c3c(C(C)C)cccc3C(C)C)cc(C(C)C)c2)[c-]c(N2c3ccc(C(C)(C)C)cc3C(C)(C)c3cccnc32)c1.[Pt+2]. The van der Waals surface area contributed by atoms with Gasteiger partial charge in [0.2, 0.25) is 0 Å². The number of aliphatic imine (C=N–C) groups is 1. The van der Waals surface area contributed by atoms with Crippen LogP contribution in [0.25, 0.3) is 0 Å². The minimum Gasteiger partial charge on any atom is -0.503 e. The van der Waals surface area contributed by atoms with Crippen LogP contribution in [0.15, 0.2) is 145 Å². The van der Waals surface area contributed by atoms with Crippen LogP contribution < -0.4 is 14.5 Å². The predicted octanol–water partition coefficient (Wildman–Crippen LogP) is 16.0. The summed E-state index contributed by atoms with van der Waals surface area (Å²) in [5.74, 6) is 3.95. The van der Waals surface area contributed by atoms with Crippen molar-refractivity contribution in [2.75, 3.05) is 16.3 Å². The molecule has 5 nitrogen and oxygen atoms in total. The minimum absolute atomic E-state index is 0. The molecule has 0 spiro atoms. The van der Waals surface area contributed by atoms with Crippen LogP contribution in [-0.4, -0.2) is 23.4 Å². The third kappa shape index (κ3) is 9.24. The Kier molecular flexibility index (Phi) is 13.8. The number of aromatic nitrogens is 1. The number of aryl methyl sites for hydroxylation is 1. The number of pyridine rings is 1. The van der Waals surface area contributed by atoms with E-state index in [4.69, 9.17) is 14.7 Å². The number of nitrogens with zero attached hydrogens (tertiary/aromatic N) is 4. The maximum Gasteiger partial charge on any atom is 2.00 e. The minimum atomic E-state index is -0.258. The number of benzene rings is 6. The number of ether oxygens (including phenoxy) is 1. The average molecular weight is 1080 g/mol. The number of rotatable bonds is 11. The molecule has 0 unspecified atom stereocenters. The maximum atomic E-state index is 7.01. The summed E-state index contributed by atoms with van der Waals surface area (Å²) in [4.78, 5) is 15.4. The zero-order valence-electron chi connectivity index (χ0n) is 41.9. The first-order valence-corrected chi connectivity index (χ1v) is 24.3.